The molecule has 1 amide bonds. The van der Waals surface area contributed by atoms with Crippen molar-refractivity contribution in [2.24, 2.45) is 0 Å². The number of carboxylic acids is 1. The van der Waals surface area contributed by atoms with Crippen LogP contribution in [0.15, 0.2) is 28.8 Å². The summed E-state index contributed by atoms with van der Waals surface area (Å²) < 4.78 is 57.0. The van der Waals surface area contributed by atoms with Crippen molar-refractivity contribution in [1.82, 2.24) is 15.0 Å². The molecule has 36 heavy (non-hydrogen) atoms. The Hall–Kier alpha value is -3.15. The molecule has 2 atom stereocenters. The Morgan fingerprint density at radius 2 is 1.89 bits per heavy atom. The fraction of sp³-hybridized carbons (Fsp3) is 0.542. The molecule has 198 valence electrons. The number of ether oxygens (including phenoxy) is 1. The molecule has 1 aromatic heterocycles. The van der Waals surface area contributed by atoms with Crippen LogP contribution in [0, 0.1) is 12.7 Å². The van der Waals surface area contributed by atoms with E-state index in [9.17, 15) is 22.4 Å². The Morgan fingerprint density at radius 3 is 2.44 bits per heavy atom. The molecule has 2 saturated heterocycles. The third kappa shape index (κ3) is 7.19. The van der Waals surface area contributed by atoms with Crippen molar-refractivity contribution in [3.05, 3.63) is 47.1 Å². The maximum Gasteiger partial charge on any atom is 0.490 e. The molecule has 1 aromatic carbocycles. The lowest BCUT2D eigenvalue weighted by molar-refractivity contribution is -0.192. The van der Waals surface area contributed by atoms with Gasteiger partial charge in [-0.15, -0.1) is 0 Å². The first kappa shape index (κ1) is 27.4. The van der Waals surface area contributed by atoms with Crippen LogP contribution in [-0.4, -0.2) is 69.8 Å². The van der Waals surface area contributed by atoms with Gasteiger partial charge in [0.05, 0.1) is 5.56 Å². The Balaban J connectivity index is 0.000000454. The quantitative estimate of drug-likeness (QED) is 0.569. The van der Waals surface area contributed by atoms with E-state index < -0.39 is 18.0 Å². The largest absolute Gasteiger partial charge is 0.490 e. The van der Waals surface area contributed by atoms with E-state index >= 15 is 0 Å². The molecule has 2 fully saturated rings. The van der Waals surface area contributed by atoms with Gasteiger partial charge in [-0.05, 0) is 58.2 Å². The third-order valence-electron chi connectivity index (χ3n) is 6.25. The average molecular weight is 516 g/mol. The summed E-state index contributed by atoms with van der Waals surface area (Å²) in [5.74, 6) is -2.48. The number of benzene rings is 1. The zero-order valence-corrected chi connectivity index (χ0v) is 20.1. The summed E-state index contributed by atoms with van der Waals surface area (Å²) in [5, 5.41) is 11.0. The van der Waals surface area contributed by atoms with Crippen LogP contribution in [0.5, 0.6) is 5.75 Å². The minimum atomic E-state index is -5.08. The SMILES string of the molecule is Cc1cc(COc2ccc(C(=O)N3CCCC3CN3CCC[C@@H]3C)c(F)c2)no1.O=C(O)C(F)(F)F. The predicted molar refractivity (Wildman–Crippen MR) is 120 cm³/mol. The number of amides is 1. The minimum Gasteiger partial charge on any atom is -0.487 e. The van der Waals surface area contributed by atoms with Crippen LogP contribution in [0.25, 0.3) is 0 Å². The Labute approximate surface area is 205 Å². The first-order valence-corrected chi connectivity index (χ1v) is 11.7. The van der Waals surface area contributed by atoms with Gasteiger partial charge in [-0.2, -0.15) is 13.2 Å². The topological polar surface area (TPSA) is 96.1 Å². The van der Waals surface area contributed by atoms with Crippen LogP contribution >= 0.6 is 0 Å². The molecule has 4 rings (SSSR count). The molecular formula is C24H29F4N3O5. The van der Waals surface area contributed by atoms with Gasteiger partial charge < -0.3 is 19.3 Å². The number of carbonyl (C=O) groups excluding carboxylic acids is 1. The maximum absolute atomic E-state index is 14.7. The number of hydrogen-bond donors (Lipinski definition) is 1. The van der Waals surface area contributed by atoms with Crippen molar-refractivity contribution in [2.75, 3.05) is 19.6 Å². The van der Waals surface area contributed by atoms with E-state index in [-0.39, 0.29) is 24.1 Å². The fourth-order valence-electron chi connectivity index (χ4n) is 4.38. The number of aliphatic carboxylic acids is 1. The van der Waals surface area contributed by atoms with Gasteiger partial charge in [0.2, 0.25) is 0 Å². The second kappa shape index (κ2) is 11.7. The lowest BCUT2D eigenvalue weighted by Crippen LogP contribution is -2.44. The summed E-state index contributed by atoms with van der Waals surface area (Å²) in [6.45, 7) is 6.89. The highest BCUT2D eigenvalue weighted by atomic mass is 19.4. The Bertz CT molecular complexity index is 1060. The van der Waals surface area contributed by atoms with E-state index in [1.807, 2.05) is 4.90 Å². The molecule has 0 radical (unpaired) electrons. The summed E-state index contributed by atoms with van der Waals surface area (Å²) in [4.78, 5) is 26.2. The van der Waals surface area contributed by atoms with Gasteiger partial charge in [0.15, 0.2) is 0 Å². The molecule has 1 N–H and O–H groups in total. The number of carboxylic acid groups (broad SMARTS) is 1. The highest BCUT2D eigenvalue weighted by molar-refractivity contribution is 5.95. The van der Waals surface area contributed by atoms with Gasteiger partial charge in [-0.3, -0.25) is 9.69 Å². The summed E-state index contributed by atoms with van der Waals surface area (Å²) in [6.07, 6.45) is -0.704. The van der Waals surface area contributed by atoms with Gasteiger partial charge >= 0.3 is 12.1 Å². The lowest BCUT2D eigenvalue weighted by Gasteiger charge is -2.31. The number of aromatic nitrogens is 1. The van der Waals surface area contributed by atoms with E-state index in [4.69, 9.17) is 19.2 Å². The van der Waals surface area contributed by atoms with E-state index in [0.717, 1.165) is 25.9 Å². The van der Waals surface area contributed by atoms with Gasteiger partial charge in [0, 0.05) is 37.3 Å². The molecule has 0 bridgehead atoms. The molecule has 2 aliphatic heterocycles. The first-order valence-electron chi connectivity index (χ1n) is 11.7. The average Bonchev–Trinajstić information content (AvgIpc) is 3.54. The van der Waals surface area contributed by atoms with Gasteiger partial charge in [0.25, 0.3) is 5.91 Å². The van der Waals surface area contributed by atoms with E-state index in [1.54, 1.807) is 19.1 Å². The Morgan fingerprint density at radius 1 is 1.19 bits per heavy atom. The fourth-order valence-corrected chi connectivity index (χ4v) is 4.38. The van der Waals surface area contributed by atoms with Crippen LogP contribution in [0.4, 0.5) is 17.6 Å². The zero-order chi connectivity index (χ0) is 26.5. The summed E-state index contributed by atoms with van der Waals surface area (Å²) >= 11 is 0. The smallest absolute Gasteiger partial charge is 0.487 e. The minimum absolute atomic E-state index is 0.107. The Kier molecular flexibility index (Phi) is 8.93. The number of rotatable bonds is 6. The number of aryl methyl sites for hydroxylation is 1. The number of likely N-dealkylation sites (tertiary alicyclic amines) is 2. The van der Waals surface area contributed by atoms with Crippen molar-refractivity contribution in [2.45, 2.75) is 64.4 Å². The van der Waals surface area contributed by atoms with Crippen LogP contribution < -0.4 is 4.74 Å². The van der Waals surface area contributed by atoms with Crippen molar-refractivity contribution >= 4 is 11.9 Å². The van der Waals surface area contributed by atoms with Gasteiger partial charge in [0.1, 0.15) is 29.6 Å². The summed E-state index contributed by atoms with van der Waals surface area (Å²) in [7, 11) is 0. The standard InChI is InChI=1S/C22H28FN3O3.C2HF3O2/c1-15-5-3-9-25(15)13-18-6-4-10-26(18)22(27)20-8-7-19(12-21(20)23)28-14-17-11-16(2)29-24-17;3-2(4,5)1(6)7/h7-8,11-12,15,18H,3-6,9-10,13-14H2,1-2H3;(H,6,7)/t15-,18?;/m0./s1. The zero-order valence-electron chi connectivity index (χ0n) is 20.1. The summed E-state index contributed by atoms with van der Waals surface area (Å²) in [6, 6.07) is 6.92. The van der Waals surface area contributed by atoms with Crippen molar-refractivity contribution < 1.29 is 41.5 Å². The van der Waals surface area contributed by atoms with Crippen molar-refractivity contribution in [1.29, 1.82) is 0 Å². The lowest BCUT2D eigenvalue weighted by atomic mass is 10.1. The molecule has 1 unspecified atom stereocenters. The first-order chi connectivity index (χ1) is 17.0. The molecular weight excluding hydrogens is 486 g/mol. The number of carbonyl (C=O) groups is 2. The van der Waals surface area contributed by atoms with E-state index in [0.29, 0.717) is 29.8 Å². The van der Waals surface area contributed by atoms with Crippen molar-refractivity contribution in [3.8, 4) is 5.75 Å². The highest BCUT2D eigenvalue weighted by Crippen LogP contribution is 2.26. The van der Waals surface area contributed by atoms with Crippen LogP contribution in [0.2, 0.25) is 0 Å². The molecule has 0 saturated carbocycles. The third-order valence-corrected chi connectivity index (χ3v) is 6.25. The number of halogens is 4. The number of nitrogens with zero attached hydrogens (tertiary/aromatic N) is 3. The summed E-state index contributed by atoms with van der Waals surface area (Å²) in [5.41, 5.74) is 0.745. The van der Waals surface area contributed by atoms with Crippen LogP contribution in [0.3, 0.4) is 0 Å². The number of alkyl halides is 3. The highest BCUT2D eigenvalue weighted by Gasteiger charge is 2.38. The monoisotopic (exact) mass is 515 g/mol. The number of hydrogen-bond acceptors (Lipinski definition) is 6. The second-order valence-corrected chi connectivity index (χ2v) is 8.94. The molecule has 2 aromatic rings. The van der Waals surface area contributed by atoms with E-state index in [2.05, 4.69) is 17.0 Å². The predicted octanol–water partition coefficient (Wildman–Crippen LogP) is 4.42. The van der Waals surface area contributed by atoms with Crippen molar-refractivity contribution in [3.63, 3.8) is 0 Å². The van der Waals surface area contributed by atoms with E-state index in [1.165, 1.54) is 25.0 Å². The molecule has 2 aliphatic rings. The van der Waals surface area contributed by atoms with Crippen LogP contribution in [0.1, 0.15) is 54.4 Å². The van der Waals surface area contributed by atoms with Gasteiger partial charge in [-0.25, -0.2) is 9.18 Å². The molecule has 8 nitrogen and oxygen atoms in total. The molecule has 0 aliphatic carbocycles. The molecule has 0 spiro atoms. The molecule has 12 heteroatoms. The maximum atomic E-state index is 14.7. The normalized spacial score (nSPS) is 20.2. The second-order valence-electron chi connectivity index (χ2n) is 8.94. The molecule has 3 heterocycles. The van der Waals surface area contributed by atoms with Gasteiger partial charge in [-0.1, -0.05) is 5.16 Å². The van der Waals surface area contributed by atoms with Crippen LogP contribution in [-0.2, 0) is 11.4 Å².